The maximum Gasteiger partial charge on any atom is 0.293 e. The lowest BCUT2D eigenvalue weighted by Crippen LogP contribution is -2.29. The Balaban J connectivity index is 1.86. The molecule has 8 nitrogen and oxygen atoms in total. The fourth-order valence-electron chi connectivity index (χ4n) is 3.83. The number of nitrogens with two attached hydrogens (primary N) is 1. The molecule has 0 saturated heterocycles. The summed E-state index contributed by atoms with van der Waals surface area (Å²) < 4.78 is 3.39. The molecule has 3 aromatic heterocycles. The second kappa shape index (κ2) is 8.69. The summed E-state index contributed by atoms with van der Waals surface area (Å²) in [4.78, 5) is 24.8. The van der Waals surface area contributed by atoms with Gasteiger partial charge in [0.25, 0.3) is 5.56 Å². The zero-order valence-corrected chi connectivity index (χ0v) is 18.1. The minimum atomic E-state index is -0.186. The lowest BCUT2D eigenvalue weighted by molar-refractivity contribution is 0.633. The number of rotatable bonds is 7. The lowest BCUT2D eigenvalue weighted by atomic mass is 10.1. The van der Waals surface area contributed by atoms with E-state index in [1.165, 1.54) is 4.68 Å². The Morgan fingerprint density at radius 2 is 2.03 bits per heavy atom. The predicted octanol–water partition coefficient (Wildman–Crippen LogP) is 2.47. The van der Waals surface area contributed by atoms with Gasteiger partial charge in [-0.25, -0.2) is 9.67 Å². The van der Waals surface area contributed by atoms with Crippen LogP contribution in [0.5, 0.6) is 0 Å². The van der Waals surface area contributed by atoms with Crippen LogP contribution in [0.1, 0.15) is 18.3 Å². The molecule has 0 aliphatic rings. The molecule has 0 atom stereocenters. The molecule has 4 aromatic rings. The molecule has 0 unspecified atom stereocenters. The van der Waals surface area contributed by atoms with Gasteiger partial charge in [-0.1, -0.05) is 36.4 Å². The van der Waals surface area contributed by atoms with E-state index in [2.05, 4.69) is 16.1 Å². The summed E-state index contributed by atoms with van der Waals surface area (Å²) in [5.74, 6) is 0.703. The average molecular weight is 418 g/mol. The molecule has 8 heteroatoms. The second-order valence-corrected chi connectivity index (χ2v) is 7.57. The molecule has 0 bridgehead atoms. The molecule has 0 aliphatic heterocycles. The second-order valence-electron chi connectivity index (χ2n) is 7.57. The van der Waals surface area contributed by atoms with Crippen molar-refractivity contribution in [2.24, 2.45) is 5.73 Å². The number of imidazole rings is 1. The van der Waals surface area contributed by atoms with Gasteiger partial charge in [-0.15, -0.1) is 0 Å². The van der Waals surface area contributed by atoms with Gasteiger partial charge in [0.15, 0.2) is 0 Å². The van der Waals surface area contributed by atoms with E-state index in [-0.39, 0.29) is 5.56 Å². The quantitative estimate of drug-likeness (QED) is 0.464. The molecule has 0 saturated carbocycles. The fourth-order valence-corrected chi connectivity index (χ4v) is 3.83. The molecule has 0 radical (unpaired) electrons. The molecule has 3 heterocycles. The number of likely N-dealkylation sites (N-methyl/N-ethyl adjacent to an activating group) is 1. The SMILES string of the molecule is C/C=C/Cn1c(N(C)CCN)nc2cnn(Cc3nc(C)cc4ccccc34)c(=O)c21. The van der Waals surface area contributed by atoms with Crippen LogP contribution in [0.3, 0.4) is 0 Å². The van der Waals surface area contributed by atoms with Crippen molar-refractivity contribution in [3.05, 3.63) is 70.4 Å². The Kier molecular flexibility index (Phi) is 5.81. The summed E-state index contributed by atoms with van der Waals surface area (Å²) in [6, 6.07) is 10.1. The number of hydrogen-bond donors (Lipinski definition) is 1. The van der Waals surface area contributed by atoms with Crippen LogP contribution in [-0.2, 0) is 13.1 Å². The molecule has 4 rings (SSSR count). The summed E-state index contributed by atoms with van der Waals surface area (Å²) in [6.45, 7) is 5.89. The van der Waals surface area contributed by atoms with Crippen molar-refractivity contribution in [3.63, 3.8) is 0 Å². The highest BCUT2D eigenvalue weighted by Gasteiger charge is 2.18. The molecule has 0 amide bonds. The summed E-state index contributed by atoms with van der Waals surface area (Å²) in [6.07, 6.45) is 5.61. The van der Waals surface area contributed by atoms with E-state index in [4.69, 9.17) is 10.7 Å². The van der Waals surface area contributed by atoms with Crippen LogP contribution in [0.2, 0.25) is 0 Å². The van der Waals surface area contributed by atoms with Crippen molar-refractivity contribution >= 4 is 27.8 Å². The molecular weight excluding hydrogens is 390 g/mol. The molecule has 2 N–H and O–H groups in total. The van der Waals surface area contributed by atoms with Crippen LogP contribution in [0.4, 0.5) is 5.95 Å². The first-order valence-corrected chi connectivity index (χ1v) is 10.4. The number of benzene rings is 1. The predicted molar refractivity (Wildman–Crippen MR) is 125 cm³/mol. The van der Waals surface area contributed by atoms with Crippen molar-refractivity contribution in [3.8, 4) is 0 Å². The number of aromatic nitrogens is 5. The van der Waals surface area contributed by atoms with Gasteiger partial charge >= 0.3 is 0 Å². The van der Waals surface area contributed by atoms with Crippen LogP contribution >= 0.6 is 0 Å². The Morgan fingerprint density at radius 1 is 1.23 bits per heavy atom. The third-order valence-electron chi connectivity index (χ3n) is 5.31. The number of hydrogen-bond acceptors (Lipinski definition) is 6. The van der Waals surface area contributed by atoms with Crippen molar-refractivity contribution < 1.29 is 0 Å². The normalized spacial score (nSPS) is 11.7. The van der Waals surface area contributed by atoms with Gasteiger partial charge in [0.1, 0.15) is 11.0 Å². The lowest BCUT2D eigenvalue weighted by Gasteiger charge is -2.18. The van der Waals surface area contributed by atoms with E-state index in [1.807, 2.05) is 66.8 Å². The van der Waals surface area contributed by atoms with Crippen LogP contribution in [0.25, 0.3) is 21.8 Å². The van der Waals surface area contributed by atoms with Gasteiger partial charge in [-0.3, -0.25) is 9.78 Å². The van der Waals surface area contributed by atoms with E-state index in [0.717, 1.165) is 22.2 Å². The van der Waals surface area contributed by atoms with E-state index in [0.29, 0.717) is 43.2 Å². The summed E-state index contributed by atoms with van der Waals surface area (Å²) in [5.41, 5.74) is 8.38. The Hall–Kier alpha value is -3.52. The van der Waals surface area contributed by atoms with Crippen LogP contribution in [0.15, 0.2) is 53.5 Å². The number of fused-ring (bicyclic) bond motifs is 2. The van der Waals surface area contributed by atoms with Crippen LogP contribution < -0.4 is 16.2 Å². The number of pyridine rings is 1. The molecule has 1 aromatic carbocycles. The van der Waals surface area contributed by atoms with E-state index in [1.54, 1.807) is 6.20 Å². The highest BCUT2D eigenvalue weighted by molar-refractivity contribution is 5.85. The maximum atomic E-state index is 13.5. The molecule has 0 fully saturated rings. The fraction of sp³-hybridized carbons (Fsp3) is 0.304. The average Bonchev–Trinajstić information content (AvgIpc) is 3.13. The molecule has 0 aliphatic carbocycles. The van der Waals surface area contributed by atoms with Crippen molar-refractivity contribution in [2.75, 3.05) is 25.0 Å². The molecule has 0 spiro atoms. The monoisotopic (exact) mass is 417 g/mol. The third kappa shape index (κ3) is 3.94. The molecular formula is C23H27N7O. The number of aryl methyl sites for hydroxylation is 1. The number of nitrogens with zero attached hydrogens (tertiary/aromatic N) is 6. The Morgan fingerprint density at radius 3 is 2.81 bits per heavy atom. The topological polar surface area (TPSA) is 94.9 Å². The third-order valence-corrected chi connectivity index (χ3v) is 5.31. The summed E-state index contributed by atoms with van der Waals surface area (Å²) >= 11 is 0. The minimum Gasteiger partial charge on any atom is -0.344 e. The first-order chi connectivity index (χ1) is 15.0. The first kappa shape index (κ1) is 20.7. The zero-order valence-electron chi connectivity index (χ0n) is 18.1. The molecule has 160 valence electrons. The van der Waals surface area contributed by atoms with E-state index < -0.39 is 0 Å². The van der Waals surface area contributed by atoms with Crippen LogP contribution in [0, 0.1) is 6.92 Å². The maximum absolute atomic E-state index is 13.5. The summed E-state index contributed by atoms with van der Waals surface area (Å²) in [7, 11) is 1.93. The van der Waals surface area contributed by atoms with Crippen molar-refractivity contribution in [1.29, 1.82) is 0 Å². The highest BCUT2D eigenvalue weighted by atomic mass is 16.1. The highest BCUT2D eigenvalue weighted by Crippen LogP contribution is 2.21. The smallest absolute Gasteiger partial charge is 0.293 e. The van der Waals surface area contributed by atoms with Gasteiger partial charge in [-0.2, -0.15) is 5.10 Å². The van der Waals surface area contributed by atoms with Gasteiger partial charge in [0.05, 0.1) is 18.4 Å². The van der Waals surface area contributed by atoms with Crippen molar-refractivity contribution in [1.82, 2.24) is 24.3 Å². The molecule has 31 heavy (non-hydrogen) atoms. The first-order valence-electron chi connectivity index (χ1n) is 10.4. The Labute approximate surface area is 180 Å². The standard InChI is InChI=1S/C23H27N7O/c1-4-5-11-29-21-19(27-23(29)28(3)12-10-24)14-25-30(22(21)31)15-20-18-9-7-6-8-17(18)13-16(2)26-20/h4-9,13-14H,10-12,15,24H2,1-3H3/b5-4+. The van der Waals surface area contributed by atoms with E-state index in [9.17, 15) is 4.79 Å². The number of anilines is 1. The van der Waals surface area contributed by atoms with Crippen molar-refractivity contribution in [2.45, 2.75) is 26.9 Å². The minimum absolute atomic E-state index is 0.186. The van der Waals surface area contributed by atoms with Gasteiger partial charge in [0, 0.05) is 37.8 Å². The van der Waals surface area contributed by atoms with Crippen LogP contribution in [-0.4, -0.2) is 44.5 Å². The largest absolute Gasteiger partial charge is 0.344 e. The summed E-state index contributed by atoms with van der Waals surface area (Å²) in [5, 5.41) is 6.53. The van der Waals surface area contributed by atoms with Gasteiger partial charge in [-0.05, 0) is 25.3 Å². The zero-order chi connectivity index (χ0) is 22.0. The van der Waals surface area contributed by atoms with Gasteiger partial charge in [0.2, 0.25) is 5.95 Å². The van der Waals surface area contributed by atoms with Gasteiger partial charge < -0.3 is 15.2 Å². The number of allylic oxidation sites excluding steroid dienone is 2. The van der Waals surface area contributed by atoms with E-state index >= 15 is 0 Å². The Bertz CT molecular complexity index is 1320.